The molecule has 1 unspecified atom stereocenters. The molecule has 1 aliphatic heterocycles. The van der Waals surface area contributed by atoms with Crippen LogP contribution in [0.15, 0.2) is 23.1 Å². The fourth-order valence-corrected chi connectivity index (χ4v) is 6.49. The van der Waals surface area contributed by atoms with Crippen LogP contribution in [-0.2, 0) is 16.1 Å². The predicted octanol–water partition coefficient (Wildman–Crippen LogP) is 6.46. The van der Waals surface area contributed by atoms with E-state index in [-0.39, 0.29) is 17.9 Å². The Morgan fingerprint density at radius 3 is 2.13 bits per heavy atom. The summed E-state index contributed by atoms with van der Waals surface area (Å²) in [7, 11) is 1.89. The smallest absolute Gasteiger partial charge is 0.243 e. The van der Waals surface area contributed by atoms with Gasteiger partial charge in [-0.05, 0) is 77.9 Å². The SMILES string of the molecule is CC(C)N(CCCCCCCCCCCSc1cccc(C=O)c1CN(C)C1CCC(=O)NC1=O)C(C)C. The van der Waals surface area contributed by atoms with Crippen molar-refractivity contribution in [3.05, 3.63) is 29.3 Å². The lowest BCUT2D eigenvalue weighted by molar-refractivity contribution is -0.137. The Balaban J connectivity index is 1.64. The van der Waals surface area contributed by atoms with Crippen LogP contribution < -0.4 is 5.32 Å². The Bertz CT molecular complexity index is 866. The van der Waals surface area contributed by atoms with E-state index in [0.717, 1.165) is 22.5 Å². The molecule has 6 nitrogen and oxygen atoms in total. The second-order valence-electron chi connectivity index (χ2n) is 11.3. The molecule has 0 radical (unpaired) electrons. The van der Waals surface area contributed by atoms with Crippen LogP contribution in [0, 0.1) is 0 Å². The number of rotatable bonds is 19. The molecule has 0 saturated carbocycles. The summed E-state index contributed by atoms with van der Waals surface area (Å²) in [4.78, 5) is 41.2. The molecule has 1 aromatic carbocycles. The van der Waals surface area contributed by atoms with E-state index in [0.29, 0.717) is 37.0 Å². The number of nitrogens with zero attached hydrogens (tertiary/aromatic N) is 2. The lowest BCUT2D eigenvalue weighted by Gasteiger charge is -2.30. The third kappa shape index (κ3) is 11.2. The van der Waals surface area contributed by atoms with Crippen molar-refractivity contribution in [3.8, 4) is 0 Å². The van der Waals surface area contributed by atoms with Crippen molar-refractivity contribution in [3.63, 3.8) is 0 Å². The minimum absolute atomic E-state index is 0.209. The Morgan fingerprint density at radius 2 is 1.55 bits per heavy atom. The summed E-state index contributed by atoms with van der Waals surface area (Å²) >= 11 is 1.81. The van der Waals surface area contributed by atoms with Gasteiger partial charge in [-0.2, -0.15) is 0 Å². The largest absolute Gasteiger partial charge is 0.299 e. The molecule has 2 rings (SSSR count). The molecule has 1 atom stereocenters. The number of aldehydes is 1. The maximum absolute atomic E-state index is 12.3. The van der Waals surface area contributed by atoms with Crippen molar-refractivity contribution in [2.75, 3.05) is 19.3 Å². The summed E-state index contributed by atoms with van der Waals surface area (Å²) in [6.07, 6.45) is 13.5. The number of amides is 2. The van der Waals surface area contributed by atoms with Crippen LogP contribution in [0.4, 0.5) is 0 Å². The fraction of sp³-hybridized carbons (Fsp3) is 0.710. The van der Waals surface area contributed by atoms with Crippen LogP contribution >= 0.6 is 11.8 Å². The van der Waals surface area contributed by atoms with Gasteiger partial charge in [-0.3, -0.25) is 29.5 Å². The second kappa shape index (κ2) is 17.8. The molecule has 1 N–H and O–H groups in total. The van der Waals surface area contributed by atoms with E-state index < -0.39 is 0 Å². The quantitative estimate of drug-likeness (QED) is 0.0931. The Hall–Kier alpha value is -1.70. The number of likely N-dealkylation sites (N-methyl/N-ethyl adjacent to an activating group) is 1. The Kier molecular flexibility index (Phi) is 15.2. The third-order valence-corrected chi connectivity index (χ3v) is 8.78. The highest BCUT2D eigenvalue weighted by Crippen LogP contribution is 2.28. The van der Waals surface area contributed by atoms with E-state index in [1.54, 1.807) is 11.8 Å². The molecule has 0 aromatic heterocycles. The highest BCUT2D eigenvalue weighted by atomic mass is 32.2. The van der Waals surface area contributed by atoms with Gasteiger partial charge in [0.2, 0.25) is 11.8 Å². The number of hydrogen-bond acceptors (Lipinski definition) is 6. The van der Waals surface area contributed by atoms with E-state index in [4.69, 9.17) is 0 Å². The van der Waals surface area contributed by atoms with Gasteiger partial charge in [0.15, 0.2) is 0 Å². The van der Waals surface area contributed by atoms with Crippen LogP contribution in [0.2, 0.25) is 0 Å². The molecule has 2 amide bonds. The first-order chi connectivity index (χ1) is 18.2. The maximum atomic E-state index is 12.3. The number of thioether (sulfide) groups is 1. The molecular weight excluding hydrogens is 494 g/mol. The first kappa shape index (κ1) is 32.5. The molecule has 1 aliphatic rings. The third-order valence-electron chi connectivity index (χ3n) is 7.59. The Labute approximate surface area is 235 Å². The molecular formula is C31H51N3O3S. The topological polar surface area (TPSA) is 69.7 Å². The minimum atomic E-state index is -0.347. The zero-order valence-electron chi connectivity index (χ0n) is 24.5. The van der Waals surface area contributed by atoms with E-state index in [2.05, 4.69) is 44.0 Å². The zero-order valence-corrected chi connectivity index (χ0v) is 25.3. The highest BCUT2D eigenvalue weighted by Gasteiger charge is 2.30. The molecule has 7 heteroatoms. The molecule has 0 aliphatic carbocycles. The lowest BCUT2D eigenvalue weighted by atomic mass is 10.0. The standard InChI is InChI=1S/C31H51N3O3S/c1-24(2)34(25(3)4)20-13-11-9-7-6-8-10-12-14-21-38-29-17-15-16-26(23-35)27(29)22-33(5)28-18-19-30(36)32-31(28)37/h15-17,23-25,28H,6-14,18-22H2,1-5H3,(H,32,36,37). The van der Waals surface area contributed by atoms with Gasteiger partial charge < -0.3 is 0 Å². The van der Waals surface area contributed by atoms with E-state index in [9.17, 15) is 14.4 Å². The van der Waals surface area contributed by atoms with Crippen LogP contribution in [-0.4, -0.2) is 65.4 Å². The van der Waals surface area contributed by atoms with Gasteiger partial charge in [0.25, 0.3) is 0 Å². The monoisotopic (exact) mass is 545 g/mol. The van der Waals surface area contributed by atoms with Crippen LogP contribution in [0.5, 0.6) is 0 Å². The van der Waals surface area contributed by atoms with E-state index in [1.807, 2.05) is 24.1 Å². The van der Waals surface area contributed by atoms with Crippen LogP contribution in [0.3, 0.4) is 0 Å². The minimum Gasteiger partial charge on any atom is -0.299 e. The fourth-order valence-electron chi connectivity index (χ4n) is 5.39. The zero-order chi connectivity index (χ0) is 27.9. The van der Waals surface area contributed by atoms with E-state index in [1.165, 1.54) is 64.3 Å². The molecule has 1 aromatic rings. The molecule has 214 valence electrons. The molecule has 1 heterocycles. The summed E-state index contributed by atoms with van der Waals surface area (Å²) in [5.41, 5.74) is 1.65. The first-order valence-corrected chi connectivity index (χ1v) is 15.7. The van der Waals surface area contributed by atoms with Crippen LogP contribution in [0.1, 0.15) is 114 Å². The van der Waals surface area contributed by atoms with Crippen molar-refractivity contribution in [2.24, 2.45) is 0 Å². The number of imide groups is 1. The van der Waals surface area contributed by atoms with Crippen LogP contribution in [0.25, 0.3) is 0 Å². The van der Waals surface area contributed by atoms with Crippen molar-refractivity contribution >= 4 is 29.9 Å². The highest BCUT2D eigenvalue weighted by molar-refractivity contribution is 7.99. The predicted molar refractivity (Wildman–Crippen MR) is 159 cm³/mol. The van der Waals surface area contributed by atoms with Gasteiger partial charge in [-0.25, -0.2) is 0 Å². The van der Waals surface area contributed by atoms with Crippen molar-refractivity contribution in [1.29, 1.82) is 0 Å². The van der Waals surface area contributed by atoms with Crippen molar-refractivity contribution in [2.45, 2.75) is 128 Å². The number of carbonyl (C=O) groups excluding carboxylic acids is 3. The molecule has 38 heavy (non-hydrogen) atoms. The number of benzene rings is 1. The van der Waals surface area contributed by atoms with Crippen molar-refractivity contribution in [1.82, 2.24) is 15.1 Å². The number of nitrogens with one attached hydrogen (secondary N) is 1. The summed E-state index contributed by atoms with van der Waals surface area (Å²) in [5, 5.41) is 2.43. The van der Waals surface area contributed by atoms with E-state index >= 15 is 0 Å². The number of carbonyl (C=O) groups is 3. The number of unbranched alkanes of at least 4 members (excludes halogenated alkanes) is 8. The van der Waals surface area contributed by atoms with Gasteiger partial charge in [0.1, 0.15) is 6.29 Å². The Morgan fingerprint density at radius 1 is 0.947 bits per heavy atom. The van der Waals surface area contributed by atoms with Gasteiger partial charge in [0, 0.05) is 35.5 Å². The van der Waals surface area contributed by atoms with Crippen molar-refractivity contribution < 1.29 is 14.4 Å². The number of piperidine rings is 1. The average molecular weight is 546 g/mol. The normalized spacial score (nSPS) is 16.2. The maximum Gasteiger partial charge on any atom is 0.243 e. The first-order valence-electron chi connectivity index (χ1n) is 14.7. The molecule has 0 spiro atoms. The average Bonchev–Trinajstić information content (AvgIpc) is 2.86. The number of hydrogen-bond donors (Lipinski definition) is 1. The van der Waals surface area contributed by atoms with Gasteiger partial charge in [0.05, 0.1) is 6.04 Å². The van der Waals surface area contributed by atoms with Gasteiger partial charge >= 0.3 is 0 Å². The summed E-state index contributed by atoms with van der Waals surface area (Å²) in [6.45, 7) is 10.9. The summed E-state index contributed by atoms with van der Waals surface area (Å²) in [5.74, 6) is 0.574. The van der Waals surface area contributed by atoms with Gasteiger partial charge in [-0.15, -0.1) is 11.8 Å². The summed E-state index contributed by atoms with van der Waals surface area (Å²) in [6, 6.07) is 6.77. The van der Waals surface area contributed by atoms with Gasteiger partial charge in [-0.1, -0.05) is 57.1 Å². The second-order valence-corrected chi connectivity index (χ2v) is 12.4. The summed E-state index contributed by atoms with van der Waals surface area (Å²) < 4.78 is 0. The molecule has 1 saturated heterocycles. The molecule has 0 bridgehead atoms. The molecule has 1 fully saturated rings. The lowest BCUT2D eigenvalue weighted by Crippen LogP contribution is -2.51.